The van der Waals surface area contributed by atoms with Gasteiger partial charge in [0.15, 0.2) is 0 Å². The lowest BCUT2D eigenvalue weighted by Crippen LogP contribution is -2.40. The van der Waals surface area contributed by atoms with Crippen molar-refractivity contribution < 1.29 is 0 Å². The van der Waals surface area contributed by atoms with Gasteiger partial charge in [-0.05, 0) is 56.2 Å². The molecule has 0 aliphatic carbocycles. The highest BCUT2D eigenvalue weighted by molar-refractivity contribution is 7.99. The molecule has 1 aliphatic rings. The fourth-order valence-electron chi connectivity index (χ4n) is 2.89. The zero-order chi connectivity index (χ0) is 14.5. The third-order valence-electron chi connectivity index (χ3n) is 4.32. The van der Waals surface area contributed by atoms with Gasteiger partial charge in [0.25, 0.3) is 5.56 Å². The third-order valence-corrected chi connectivity index (χ3v) is 5.44. The Labute approximate surface area is 126 Å². The minimum absolute atomic E-state index is 0.109. The summed E-state index contributed by atoms with van der Waals surface area (Å²) in [7, 11) is 1.81. The Bertz CT molecular complexity index is 478. The molecule has 112 valence electrons. The van der Waals surface area contributed by atoms with Crippen LogP contribution in [0.2, 0.25) is 0 Å². The molecule has 3 nitrogen and oxygen atoms in total. The number of likely N-dealkylation sites (tertiary alicyclic amines) is 1. The van der Waals surface area contributed by atoms with Crippen LogP contribution in [0.5, 0.6) is 0 Å². The number of hydrogen-bond acceptors (Lipinski definition) is 3. The second kappa shape index (κ2) is 7.32. The average Bonchev–Trinajstić information content (AvgIpc) is 2.48. The van der Waals surface area contributed by atoms with E-state index in [1.54, 1.807) is 4.57 Å². The first-order chi connectivity index (χ1) is 9.61. The Balaban J connectivity index is 1.90. The zero-order valence-electron chi connectivity index (χ0n) is 12.8. The van der Waals surface area contributed by atoms with Crippen molar-refractivity contribution in [3.63, 3.8) is 0 Å². The summed E-state index contributed by atoms with van der Waals surface area (Å²) in [6, 6.07) is 4.60. The van der Waals surface area contributed by atoms with Crippen molar-refractivity contribution in [2.45, 2.75) is 38.6 Å². The van der Waals surface area contributed by atoms with E-state index in [0.29, 0.717) is 12.0 Å². The number of aromatic nitrogens is 1. The summed E-state index contributed by atoms with van der Waals surface area (Å²) in [5, 5.41) is 0. The average molecular weight is 294 g/mol. The lowest BCUT2D eigenvalue weighted by molar-refractivity contribution is 0.174. The molecule has 1 aromatic rings. The number of hydrogen-bond donors (Lipinski definition) is 0. The highest BCUT2D eigenvalue weighted by Gasteiger charge is 2.23. The second-order valence-corrected chi connectivity index (χ2v) is 7.05. The predicted molar refractivity (Wildman–Crippen MR) is 87.7 cm³/mol. The van der Waals surface area contributed by atoms with Crippen molar-refractivity contribution in [1.82, 2.24) is 9.47 Å². The minimum Gasteiger partial charge on any atom is -0.319 e. The molecule has 2 heterocycles. The van der Waals surface area contributed by atoms with Crippen LogP contribution in [-0.4, -0.2) is 40.1 Å². The van der Waals surface area contributed by atoms with Crippen LogP contribution in [0.1, 0.15) is 38.2 Å². The quantitative estimate of drug-likeness (QED) is 0.835. The van der Waals surface area contributed by atoms with E-state index in [1.165, 1.54) is 29.9 Å². The molecule has 1 aromatic heterocycles. The summed E-state index contributed by atoms with van der Waals surface area (Å²) >= 11 is 2.02. The van der Waals surface area contributed by atoms with Gasteiger partial charge in [-0.25, -0.2) is 0 Å². The van der Waals surface area contributed by atoms with Gasteiger partial charge < -0.3 is 4.57 Å². The van der Waals surface area contributed by atoms with E-state index < -0.39 is 0 Å². The Morgan fingerprint density at radius 1 is 1.40 bits per heavy atom. The minimum atomic E-state index is 0.109. The number of piperidine rings is 1. The fourth-order valence-corrected chi connectivity index (χ4v) is 3.67. The summed E-state index contributed by atoms with van der Waals surface area (Å²) in [6.07, 6.45) is 4.24. The standard InChI is InChI=1S/C16H26N2OS/c1-4-20-12-13(2)18-9-6-14(7-10-18)15-5-8-17(3)16(19)11-15/h5,8,11,13-14H,4,6-7,9-10,12H2,1-3H3. The van der Waals surface area contributed by atoms with Crippen LogP contribution in [0.4, 0.5) is 0 Å². The van der Waals surface area contributed by atoms with Gasteiger partial charge in [0.1, 0.15) is 0 Å². The Kier molecular flexibility index (Phi) is 5.73. The molecule has 1 unspecified atom stereocenters. The number of pyridine rings is 1. The summed E-state index contributed by atoms with van der Waals surface area (Å²) < 4.78 is 1.64. The third kappa shape index (κ3) is 3.89. The maximum Gasteiger partial charge on any atom is 0.250 e. The van der Waals surface area contributed by atoms with Crippen LogP contribution in [-0.2, 0) is 7.05 Å². The highest BCUT2D eigenvalue weighted by atomic mass is 32.2. The van der Waals surface area contributed by atoms with Crippen LogP contribution >= 0.6 is 11.8 Å². The zero-order valence-corrected chi connectivity index (χ0v) is 13.7. The Morgan fingerprint density at radius 2 is 2.10 bits per heavy atom. The van der Waals surface area contributed by atoms with Crippen molar-refractivity contribution in [3.8, 4) is 0 Å². The van der Waals surface area contributed by atoms with Gasteiger partial charge in [0.2, 0.25) is 0 Å². The lowest BCUT2D eigenvalue weighted by atomic mass is 9.89. The smallest absolute Gasteiger partial charge is 0.250 e. The first-order valence-electron chi connectivity index (χ1n) is 7.60. The molecule has 0 N–H and O–H groups in total. The van der Waals surface area contributed by atoms with E-state index in [9.17, 15) is 4.79 Å². The molecule has 4 heteroatoms. The summed E-state index contributed by atoms with van der Waals surface area (Å²) in [5.74, 6) is 2.99. The lowest BCUT2D eigenvalue weighted by Gasteiger charge is -2.36. The van der Waals surface area contributed by atoms with Crippen molar-refractivity contribution in [2.24, 2.45) is 7.05 Å². The van der Waals surface area contributed by atoms with Crippen molar-refractivity contribution >= 4 is 11.8 Å². The second-order valence-electron chi connectivity index (χ2n) is 5.73. The van der Waals surface area contributed by atoms with Crippen molar-refractivity contribution in [2.75, 3.05) is 24.6 Å². The summed E-state index contributed by atoms with van der Waals surface area (Å²) in [6.45, 7) is 6.87. The largest absolute Gasteiger partial charge is 0.319 e. The molecule has 0 radical (unpaired) electrons. The van der Waals surface area contributed by atoms with E-state index in [1.807, 2.05) is 31.1 Å². The molecule has 1 atom stereocenters. The Morgan fingerprint density at radius 3 is 2.70 bits per heavy atom. The van der Waals surface area contributed by atoms with Crippen LogP contribution in [0.25, 0.3) is 0 Å². The molecular weight excluding hydrogens is 268 g/mol. The fraction of sp³-hybridized carbons (Fsp3) is 0.688. The number of thioether (sulfide) groups is 1. The summed E-state index contributed by atoms with van der Waals surface area (Å²) in [4.78, 5) is 14.3. The van der Waals surface area contributed by atoms with Gasteiger partial charge in [-0.3, -0.25) is 9.69 Å². The highest BCUT2D eigenvalue weighted by Crippen LogP contribution is 2.28. The molecule has 1 saturated heterocycles. The maximum absolute atomic E-state index is 11.7. The number of nitrogens with zero attached hydrogens (tertiary/aromatic N) is 2. The molecule has 20 heavy (non-hydrogen) atoms. The molecular formula is C16H26N2OS. The molecule has 2 rings (SSSR count). The molecule has 0 amide bonds. The molecule has 1 fully saturated rings. The monoisotopic (exact) mass is 294 g/mol. The van der Waals surface area contributed by atoms with Gasteiger partial charge in [0, 0.05) is 31.1 Å². The van der Waals surface area contributed by atoms with E-state index in [-0.39, 0.29) is 5.56 Å². The van der Waals surface area contributed by atoms with E-state index in [0.717, 1.165) is 13.1 Å². The summed E-state index contributed by atoms with van der Waals surface area (Å²) in [5.41, 5.74) is 1.33. The van der Waals surface area contributed by atoms with E-state index in [2.05, 4.69) is 24.8 Å². The van der Waals surface area contributed by atoms with Gasteiger partial charge in [-0.2, -0.15) is 11.8 Å². The molecule has 0 bridgehead atoms. The maximum atomic E-state index is 11.7. The van der Waals surface area contributed by atoms with Gasteiger partial charge in [-0.15, -0.1) is 0 Å². The number of aryl methyl sites for hydroxylation is 1. The first kappa shape index (κ1) is 15.6. The van der Waals surface area contributed by atoms with Crippen LogP contribution in [0.3, 0.4) is 0 Å². The van der Waals surface area contributed by atoms with Gasteiger partial charge >= 0.3 is 0 Å². The van der Waals surface area contributed by atoms with E-state index in [4.69, 9.17) is 0 Å². The SMILES string of the molecule is CCSCC(C)N1CCC(c2ccn(C)c(=O)c2)CC1. The molecule has 1 aliphatic heterocycles. The predicted octanol–water partition coefficient (Wildman–Crippen LogP) is 2.71. The normalized spacial score (nSPS) is 19.1. The Hall–Kier alpha value is -0.740. The van der Waals surface area contributed by atoms with Gasteiger partial charge in [-0.1, -0.05) is 6.92 Å². The molecule has 0 saturated carbocycles. The first-order valence-corrected chi connectivity index (χ1v) is 8.75. The number of rotatable bonds is 5. The van der Waals surface area contributed by atoms with E-state index >= 15 is 0 Å². The van der Waals surface area contributed by atoms with Crippen LogP contribution in [0.15, 0.2) is 23.1 Å². The molecule has 0 spiro atoms. The van der Waals surface area contributed by atoms with Crippen molar-refractivity contribution in [1.29, 1.82) is 0 Å². The topological polar surface area (TPSA) is 25.2 Å². The van der Waals surface area contributed by atoms with Crippen LogP contribution in [0, 0.1) is 0 Å². The van der Waals surface area contributed by atoms with Crippen LogP contribution < -0.4 is 5.56 Å². The van der Waals surface area contributed by atoms with Gasteiger partial charge in [0.05, 0.1) is 0 Å². The van der Waals surface area contributed by atoms with Crippen molar-refractivity contribution in [3.05, 3.63) is 34.2 Å². The molecule has 0 aromatic carbocycles.